The Balaban J connectivity index is 2.79. The molecule has 1 rings (SSSR count). The van der Waals surface area contributed by atoms with Crippen molar-refractivity contribution in [2.75, 3.05) is 0 Å². The summed E-state index contributed by atoms with van der Waals surface area (Å²) in [5, 5.41) is 33.4. The highest BCUT2D eigenvalue weighted by molar-refractivity contribution is 5.81. The third kappa shape index (κ3) is 11.7. The van der Waals surface area contributed by atoms with Crippen LogP contribution in [0.5, 0.6) is 0 Å². The number of hydrogen-bond acceptors (Lipinski definition) is 7. The van der Waals surface area contributed by atoms with Crippen LogP contribution in [-0.2, 0) is 25.6 Å². The molecule has 1 aromatic carbocycles. The van der Waals surface area contributed by atoms with Crippen molar-refractivity contribution in [2.24, 2.45) is 11.5 Å². The molecular weight excluding hydrogens is 468 g/mol. The summed E-state index contributed by atoms with van der Waals surface area (Å²) in [5.41, 5.74) is 13.8. The number of carbonyl (C=O) groups is 4. The number of carboxylic acid groups (broad SMARTS) is 2. The maximum atomic E-state index is 12.6. The summed E-state index contributed by atoms with van der Waals surface area (Å²) in [5.74, 6) is -3.58. The number of aliphatic carboxylic acids is 2. The maximum absolute atomic E-state index is 12.6. The molecule has 36 heavy (non-hydrogen) atoms. The van der Waals surface area contributed by atoms with E-state index in [1.54, 1.807) is 6.08 Å². The summed E-state index contributed by atoms with van der Waals surface area (Å²) < 4.78 is 0. The van der Waals surface area contributed by atoms with Crippen LogP contribution in [0.15, 0.2) is 43.0 Å². The number of amides is 2. The minimum atomic E-state index is -1.52. The number of aryl methyl sites for hydroxylation is 1. The molecule has 0 saturated heterocycles. The second-order valence-electron chi connectivity index (χ2n) is 8.49. The molecule has 1 aromatic rings. The van der Waals surface area contributed by atoms with E-state index >= 15 is 0 Å². The number of nitrogens with two attached hydrogens (primary N) is 2. The van der Waals surface area contributed by atoms with E-state index in [9.17, 15) is 24.3 Å². The Morgan fingerprint density at radius 3 is 2.11 bits per heavy atom. The Bertz CT molecular complexity index is 944. The SMILES string of the molecule is C=C/C(=C\C(C)N)c1ccc(CCC(=O)N[C@@H](CCC(=O)O)[C@H](O)N[C@@H](CCC(=O)O)C(N)=O)cc1. The van der Waals surface area contributed by atoms with E-state index in [1.165, 1.54) is 0 Å². The molecule has 4 atom stereocenters. The van der Waals surface area contributed by atoms with Crippen LogP contribution in [-0.4, -0.2) is 63.4 Å². The van der Waals surface area contributed by atoms with Crippen LogP contribution in [0.2, 0.25) is 0 Å². The third-order valence-corrected chi connectivity index (χ3v) is 5.35. The zero-order valence-corrected chi connectivity index (χ0v) is 20.4. The average molecular weight is 505 g/mol. The van der Waals surface area contributed by atoms with Crippen LogP contribution < -0.4 is 22.1 Å². The summed E-state index contributed by atoms with van der Waals surface area (Å²) in [6.07, 6.45) is 1.53. The first-order valence-corrected chi connectivity index (χ1v) is 11.6. The first kappa shape index (κ1) is 30.5. The Morgan fingerprint density at radius 1 is 1.03 bits per heavy atom. The molecular formula is C25H36N4O7. The Labute approximate surface area is 210 Å². The van der Waals surface area contributed by atoms with Crippen molar-refractivity contribution in [1.29, 1.82) is 0 Å². The van der Waals surface area contributed by atoms with E-state index in [4.69, 9.17) is 21.7 Å². The Kier molecular flexibility index (Phi) is 13.1. The Morgan fingerprint density at radius 2 is 1.61 bits per heavy atom. The first-order chi connectivity index (χ1) is 16.9. The fraction of sp³-hybridized carbons (Fsp3) is 0.440. The van der Waals surface area contributed by atoms with Gasteiger partial charge in [-0.1, -0.05) is 43.0 Å². The number of primary amides is 1. The molecule has 198 valence electrons. The molecule has 0 aromatic heterocycles. The van der Waals surface area contributed by atoms with E-state index in [2.05, 4.69) is 17.2 Å². The van der Waals surface area contributed by atoms with Crippen LogP contribution >= 0.6 is 0 Å². The number of allylic oxidation sites excluding steroid dienone is 2. The second-order valence-corrected chi connectivity index (χ2v) is 8.49. The average Bonchev–Trinajstić information content (AvgIpc) is 2.81. The minimum Gasteiger partial charge on any atom is -0.481 e. The van der Waals surface area contributed by atoms with Gasteiger partial charge in [-0.15, -0.1) is 0 Å². The monoisotopic (exact) mass is 504 g/mol. The van der Waals surface area contributed by atoms with Gasteiger partial charge in [-0.3, -0.25) is 24.5 Å². The molecule has 9 N–H and O–H groups in total. The van der Waals surface area contributed by atoms with Crippen LogP contribution in [0.4, 0.5) is 0 Å². The van der Waals surface area contributed by atoms with Crippen molar-refractivity contribution in [3.63, 3.8) is 0 Å². The zero-order valence-electron chi connectivity index (χ0n) is 20.4. The number of carboxylic acids is 2. The molecule has 0 aliphatic heterocycles. The summed E-state index contributed by atoms with van der Waals surface area (Å²) >= 11 is 0. The molecule has 1 unspecified atom stereocenters. The van der Waals surface area contributed by atoms with Gasteiger partial charge in [-0.05, 0) is 42.9 Å². The van der Waals surface area contributed by atoms with Crippen molar-refractivity contribution in [2.45, 2.75) is 69.8 Å². The van der Waals surface area contributed by atoms with Gasteiger partial charge in [0.1, 0.15) is 6.23 Å². The smallest absolute Gasteiger partial charge is 0.303 e. The zero-order chi connectivity index (χ0) is 27.3. The van der Waals surface area contributed by atoms with Gasteiger partial charge in [0, 0.05) is 25.3 Å². The van der Waals surface area contributed by atoms with Crippen molar-refractivity contribution < 1.29 is 34.5 Å². The molecule has 2 amide bonds. The molecule has 0 radical (unpaired) electrons. The Hall–Kier alpha value is -3.54. The van der Waals surface area contributed by atoms with Crippen LogP contribution in [0, 0.1) is 0 Å². The van der Waals surface area contributed by atoms with Crippen molar-refractivity contribution in [3.05, 3.63) is 54.1 Å². The van der Waals surface area contributed by atoms with Gasteiger partial charge in [0.2, 0.25) is 11.8 Å². The van der Waals surface area contributed by atoms with Crippen LogP contribution in [0.1, 0.15) is 50.2 Å². The van der Waals surface area contributed by atoms with Gasteiger partial charge >= 0.3 is 11.9 Å². The van der Waals surface area contributed by atoms with Gasteiger partial charge in [-0.2, -0.15) is 0 Å². The molecule has 0 bridgehead atoms. The number of aliphatic hydroxyl groups is 1. The molecule has 0 heterocycles. The largest absolute Gasteiger partial charge is 0.481 e. The molecule has 0 aliphatic rings. The number of rotatable bonds is 17. The van der Waals surface area contributed by atoms with Gasteiger partial charge in [-0.25, -0.2) is 0 Å². The lowest BCUT2D eigenvalue weighted by atomic mass is 10.0. The quantitative estimate of drug-likeness (QED) is 0.116. The summed E-state index contributed by atoms with van der Waals surface area (Å²) in [4.78, 5) is 46.0. The van der Waals surface area contributed by atoms with Gasteiger partial charge in [0.25, 0.3) is 0 Å². The fourth-order valence-corrected chi connectivity index (χ4v) is 3.45. The van der Waals surface area contributed by atoms with Crippen LogP contribution in [0.25, 0.3) is 5.57 Å². The highest BCUT2D eigenvalue weighted by atomic mass is 16.4. The lowest BCUT2D eigenvalue weighted by Gasteiger charge is -2.27. The molecule has 0 aliphatic carbocycles. The van der Waals surface area contributed by atoms with Crippen LogP contribution in [0.3, 0.4) is 0 Å². The summed E-state index contributed by atoms with van der Waals surface area (Å²) in [6, 6.07) is 5.20. The molecule has 0 saturated carbocycles. The predicted octanol–water partition coefficient (Wildman–Crippen LogP) is 0.512. The maximum Gasteiger partial charge on any atom is 0.303 e. The lowest BCUT2D eigenvalue weighted by Crippen LogP contribution is -2.55. The number of hydrogen-bond donors (Lipinski definition) is 7. The predicted molar refractivity (Wildman–Crippen MR) is 134 cm³/mol. The van der Waals surface area contributed by atoms with E-state index in [0.29, 0.717) is 6.42 Å². The summed E-state index contributed by atoms with van der Waals surface area (Å²) in [7, 11) is 0. The fourth-order valence-electron chi connectivity index (χ4n) is 3.45. The standard InChI is InChI=1S/C25H36N4O7/c1-3-17(14-15(2)26)18-7-4-16(5-8-18)6-11-21(30)28-20(10-13-23(33)34)25(36)29-19(24(27)35)9-12-22(31)32/h3-5,7-8,14-15,19-20,25,29,36H,1,6,9-13,26H2,2H3,(H2,27,35)(H,28,30)(H,31,32)(H,33,34)/b17-14+/t15?,19-,20-,25-/m0/s1. The highest BCUT2D eigenvalue weighted by Crippen LogP contribution is 2.17. The number of aliphatic hydroxyl groups excluding tert-OH is 1. The number of carbonyl (C=O) groups excluding carboxylic acids is 2. The van der Waals surface area contributed by atoms with Gasteiger partial charge in [0.05, 0.1) is 12.1 Å². The number of nitrogens with one attached hydrogen (secondary N) is 2. The van der Waals surface area contributed by atoms with E-state index < -0.39 is 42.1 Å². The molecule has 11 heteroatoms. The van der Waals surface area contributed by atoms with Crippen molar-refractivity contribution >= 4 is 29.3 Å². The first-order valence-electron chi connectivity index (χ1n) is 11.6. The minimum absolute atomic E-state index is 0.0674. The van der Waals surface area contributed by atoms with Gasteiger partial charge in [0.15, 0.2) is 0 Å². The van der Waals surface area contributed by atoms with Gasteiger partial charge < -0.3 is 32.1 Å². The van der Waals surface area contributed by atoms with E-state index in [-0.39, 0.29) is 38.1 Å². The molecule has 0 spiro atoms. The second kappa shape index (κ2) is 15.5. The molecule has 11 nitrogen and oxygen atoms in total. The topological polar surface area (TPSA) is 205 Å². The van der Waals surface area contributed by atoms with E-state index in [1.807, 2.05) is 37.3 Å². The van der Waals surface area contributed by atoms with E-state index in [0.717, 1.165) is 16.7 Å². The lowest BCUT2D eigenvalue weighted by molar-refractivity contribution is -0.139. The summed E-state index contributed by atoms with van der Waals surface area (Å²) in [6.45, 7) is 5.65. The third-order valence-electron chi connectivity index (χ3n) is 5.35. The number of benzene rings is 1. The van der Waals surface area contributed by atoms with Crippen molar-refractivity contribution in [3.8, 4) is 0 Å². The highest BCUT2D eigenvalue weighted by Gasteiger charge is 2.27. The van der Waals surface area contributed by atoms with Crippen molar-refractivity contribution in [1.82, 2.24) is 10.6 Å². The molecule has 0 fully saturated rings. The normalized spacial score (nSPS) is 14.8.